The number of pyridine rings is 1. The Morgan fingerprint density at radius 1 is 1.20 bits per heavy atom. The number of piperidine rings is 1. The first kappa shape index (κ1) is 25.4. The second-order valence-electron chi connectivity index (χ2n) is 9.15. The summed E-state index contributed by atoms with van der Waals surface area (Å²) in [6.07, 6.45) is 2.58. The van der Waals surface area contributed by atoms with Gasteiger partial charge in [-0.05, 0) is 86.7 Å². The van der Waals surface area contributed by atoms with Gasteiger partial charge in [0.25, 0.3) is 0 Å². The predicted octanol–water partition coefficient (Wildman–Crippen LogP) is 5.95. The van der Waals surface area contributed by atoms with Crippen molar-refractivity contribution >= 4 is 22.5 Å². The van der Waals surface area contributed by atoms with Crippen LogP contribution in [-0.2, 0) is 0 Å². The van der Waals surface area contributed by atoms with E-state index < -0.39 is 6.17 Å². The average molecular weight is 499 g/mol. The van der Waals surface area contributed by atoms with E-state index in [9.17, 15) is 9.50 Å². The molecule has 0 saturated carbocycles. The maximum Gasteiger partial charge on any atom is 0.127 e. The maximum absolute atomic E-state index is 15.6. The molecule has 0 bridgehead atoms. The Bertz CT molecular complexity index is 1220. The van der Waals surface area contributed by atoms with Crippen molar-refractivity contribution < 1.29 is 18.6 Å². The third kappa shape index (κ3) is 6.10. The number of ether oxygens (including phenoxy) is 1. The normalized spacial score (nSPS) is 16.5. The predicted molar refractivity (Wildman–Crippen MR) is 135 cm³/mol. The fourth-order valence-corrected chi connectivity index (χ4v) is 4.92. The zero-order valence-corrected chi connectivity index (χ0v) is 20.5. The number of aliphatic hydroxyl groups is 1. The van der Waals surface area contributed by atoms with E-state index in [0.29, 0.717) is 40.2 Å². The highest BCUT2D eigenvalue weighted by molar-refractivity contribution is 6.32. The number of hydrogen-bond donors (Lipinski definition) is 1. The minimum atomic E-state index is -1.27. The van der Waals surface area contributed by atoms with Crippen LogP contribution in [-0.4, -0.2) is 48.3 Å². The summed E-state index contributed by atoms with van der Waals surface area (Å²) in [4.78, 5) is 6.54. The van der Waals surface area contributed by atoms with E-state index >= 15 is 4.39 Å². The van der Waals surface area contributed by atoms with E-state index in [2.05, 4.69) is 21.7 Å². The monoisotopic (exact) mass is 498 g/mol. The highest BCUT2D eigenvalue weighted by Gasteiger charge is 2.35. The van der Waals surface area contributed by atoms with Crippen LogP contribution in [0.2, 0.25) is 5.02 Å². The minimum absolute atomic E-state index is 0.0213. The van der Waals surface area contributed by atoms with Crippen LogP contribution >= 0.6 is 11.6 Å². The van der Waals surface area contributed by atoms with Gasteiger partial charge >= 0.3 is 0 Å². The van der Waals surface area contributed by atoms with Crippen LogP contribution in [0.3, 0.4) is 0 Å². The topological polar surface area (TPSA) is 45.6 Å². The first-order valence-electron chi connectivity index (χ1n) is 11.8. The van der Waals surface area contributed by atoms with Crippen molar-refractivity contribution in [2.45, 2.75) is 31.9 Å². The zero-order chi connectivity index (χ0) is 24.8. The van der Waals surface area contributed by atoms with Gasteiger partial charge in [0.15, 0.2) is 0 Å². The van der Waals surface area contributed by atoms with Crippen LogP contribution in [0.5, 0.6) is 5.75 Å². The number of aliphatic hydroxyl groups excluding tert-OH is 1. The van der Waals surface area contributed by atoms with E-state index in [1.807, 2.05) is 0 Å². The summed E-state index contributed by atoms with van der Waals surface area (Å²) >= 11 is 6.37. The van der Waals surface area contributed by atoms with Crippen molar-refractivity contribution in [3.63, 3.8) is 0 Å². The number of nitrogens with zero attached hydrogens (tertiary/aromatic N) is 2. The molecule has 1 aromatic heterocycles. The van der Waals surface area contributed by atoms with Gasteiger partial charge in [0.2, 0.25) is 0 Å². The highest BCUT2D eigenvalue weighted by Crippen LogP contribution is 2.41. The molecule has 1 atom stereocenters. The van der Waals surface area contributed by atoms with Crippen molar-refractivity contribution in [2.24, 2.45) is 5.41 Å². The van der Waals surface area contributed by atoms with Gasteiger partial charge in [-0.3, -0.25) is 9.88 Å². The molecule has 2 heterocycles. The third-order valence-corrected chi connectivity index (χ3v) is 7.24. The second kappa shape index (κ2) is 11.3. The van der Waals surface area contributed by atoms with Crippen LogP contribution in [0.4, 0.5) is 8.78 Å². The lowest BCUT2D eigenvalue weighted by molar-refractivity contribution is 0.0344. The number of benzene rings is 2. The van der Waals surface area contributed by atoms with E-state index in [1.165, 1.54) is 18.3 Å². The maximum atomic E-state index is 15.6. The number of likely N-dealkylation sites (tertiary alicyclic amines) is 1. The van der Waals surface area contributed by atoms with E-state index in [-0.39, 0.29) is 24.3 Å². The summed E-state index contributed by atoms with van der Waals surface area (Å²) in [6.45, 7) is 2.19. The van der Waals surface area contributed by atoms with Gasteiger partial charge < -0.3 is 9.84 Å². The lowest BCUT2D eigenvalue weighted by atomic mass is 9.74. The standard InChI is InChI=1S/C28H29ClF2N2O2/c1-35-22-8-9-26-23(17-22)27(24(29)18-32-26)25(31)10-11-28(19-34)12-15-33(16-13-28)14-2-3-20-4-6-21(30)7-5-20/h4-9,17-18,25,34H,10-16,19H2,1H3. The largest absolute Gasteiger partial charge is 0.497 e. The lowest BCUT2D eigenvalue weighted by Crippen LogP contribution is -2.42. The van der Waals surface area contributed by atoms with Crippen LogP contribution in [0.25, 0.3) is 10.9 Å². The molecular weight excluding hydrogens is 470 g/mol. The molecule has 4 rings (SSSR count). The quantitative estimate of drug-likeness (QED) is 0.409. The number of aromatic nitrogens is 1. The van der Waals surface area contributed by atoms with Crippen LogP contribution in [0.1, 0.15) is 43.0 Å². The third-order valence-electron chi connectivity index (χ3n) is 6.94. The molecule has 3 aromatic rings. The number of rotatable bonds is 7. The van der Waals surface area contributed by atoms with Crippen molar-refractivity contribution in [1.29, 1.82) is 0 Å². The molecule has 1 saturated heterocycles. The first-order valence-corrected chi connectivity index (χ1v) is 12.1. The number of alkyl halides is 1. The molecule has 35 heavy (non-hydrogen) atoms. The molecular formula is C28H29ClF2N2O2. The fourth-order valence-electron chi connectivity index (χ4n) is 4.65. The minimum Gasteiger partial charge on any atom is -0.497 e. The highest BCUT2D eigenvalue weighted by atomic mass is 35.5. The molecule has 1 unspecified atom stereocenters. The summed E-state index contributed by atoms with van der Waals surface area (Å²) < 4.78 is 33.9. The van der Waals surface area contributed by atoms with Gasteiger partial charge in [-0.15, -0.1) is 0 Å². The van der Waals surface area contributed by atoms with Gasteiger partial charge in [-0.25, -0.2) is 8.78 Å². The molecule has 0 aliphatic carbocycles. The Kier molecular flexibility index (Phi) is 8.22. The molecule has 1 fully saturated rings. The van der Waals surface area contributed by atoms with E-state index in [1.54, 1.807) is 37.4 Å². The van der Waals surface area contributed by atoms with Crippen molar-refractivity contribution in [3.8, 4) is 17.6 Å². The van der Waals surface area contributed by atoms with E-state index in [4.69, 9.17) is 16.3 Å². The Balaban J connectivity index is 1.37. The summed E-state index contributed by atoms with van der Waals surface area (Å²) in [5, 5.41) is 11.1. The van der Waals surface area contributed by atoms with Gasteiger partial charge in [0.05, 0.1) is 24.2 Å². The fraction of sp³-hybridized carbons (Fsp3) is 0.393. The molecule has 1 N–H and O–H groups in total. The van der Waals surface area contributed by atoms with Crippen molar-refractivity contribution in [1.82, 2.24) is 9.88 Å². The molecule has 2 aromatic carbocycles. The Morgan fingerprint density at radius 2 is 1.94 bits per heavy atom. The molecule has 184 valence electrons. The molecule has 0 spiro atoms. The molecule has 0 amide bonds. The van der Waals surface area contributed by atoms with Gasteiger partial charge in [-0.1, -0.05) is 23.4 Å². The summed E-state index contributed by atoms with van der Waals surface area (Å²) in [5.41, 5.74) is 1.55. The summed E-state index contributed by atoms with van der Waals surface area (Å²) in [7, 11) is 1.57. The molecule has 7 heteroatoms. The Morgan fingerprint density at radius 3 is 2.63 bits per heavy atom. The molecule has 4 nitrogen and oxygen atoms in total. The summed E-state index contributed by atoms with van der Waals surface area (Å²) in [6, 6.07) is 11.5. The second-order valence-corrected chi connectivity index (χ2v) is 9.56. The number of halogens is 3. The van der Waals surface area contributed by atoms with Crippen LogP contribution < -0.4 is 4.74 Å². The average Bonchev–Trinajstić information content (AvgIpc) is 2.89. The summed E-state index contributed by atoms with van der Waals surface area (Å²) in [5.74, 6) is 6.54. The number of hydrogen-bond acceptors (Lipinski definition) is 4. The Hall–Kier alpha value is -2.72. The van der Waals surface area contributed by atoms with Crippen LogP contribution in [0, 0.1) is 23.1 Å². The van der Waals surface area contributed by atoms with E-state index in [0.717, 1.165) is 31.5 Å². The Labute approximate surface area is 209 Å². The van der Waals surface area contributed by atoms with Gasteiger partial charge in [-0.2, -0.15) is 0 Å². The lowest BCUT2D eigenvalue weighted by Gasteiger charge is -2.40. The van der Waals surface area contributed by atoms with Crippen LogP contribution in [0.15, 0.2) is 48.7 Å². The number of fused-ring (bicyclic) bond motifs is 1. The number of methoxy groups -OCH3 is 1. The molecule has 1 aliphatic rings. The SMILES string of the molecule is COc1ccc2ncc(Cl)c(C(F)CCC3(CO)CCN(CC#Cc4ccc(F)cc4)CC3)c2c1. The zero-order valence-electron chi connectivity index (χ0n) is 19.7. The first-order chi connectivity index (χ1) is 16.9. The van der Waals surface area contributed by atoms with Crippen molar-refractivity contribution in [2.75, 3.05) is 33.4 Å². The van der Waals surface area contributed by atoms with Gasteiger partial charge in [0, 0.05) is 29.3 Å². The molecule has 1 aliphatic heterocycles. The molecule has 0 radical (unpaired) electrons. The van der Waals surface area contributed by atoms with Crippen molar-refractivity contribution in [3.05, 3.63) is 70.6 Å². The smallest absolute Gasteiger partial charge is 0.127 e. The van der Waals surface area contributed by atoms with Gasteiger partial charge in [0.1, 0.15) is 17.7 Å².